The summed E-state index contributed by atoms with van der Waals surface area (Å²) < 4.78 is 1.58. The molecule has 1 aromatic rings. The van der Waals surface area contributed by atoms with Crippen LogP contribution < -0.4 is 5.43 Å². The van der Waals surface area contributed by atoms with E-state index in [0.717, 1.165) is 0 Å². The second-order valence-electron chi connectivity index (χ2n) is 4.11. The van der Waals surface area contributed by atoms with E-state index in [4.69, 9.17) is 5.11 Å². The number of carboxylic acids is 1. The van der Waals surface area contributed by atoms with Crippen LogP contribution in [0.4, 0.5) is 0 Å². The Hall–Kier alpha value is -1.78. The van der Waals surface area contributed by atoms with Crippen LogP contribution in [-0.2, 0) is 9.59 Å². The highest BCUT2D eigenvalue weighted by Gasteiger charge is 2.33. The summed E-state index contributed by atoms with van der Waals surface area (Å²) in [4.78, 5) is 22.5. The van der Waals surface area contributed by atoms with Crippen molar-refractivity contribution in [3.8, 4) is 0 Å². The van der Waals surface area contributed by atoms with E-state index in [9.17, 15) is 9.59 Å². The van der Waals surface area contributed by atoms with Crippen LogP contribution in [0.1, 0.15) is 19.3 Å². The SMILES string of the molecule is O=C(O)[C@H]1CC[C@@H](C(=O)Nn2cccc2)C1. The molecule has 0 radical (unpaired) electrons. The van der Waals surface area contributed by atoms with Gasteiger partial charge in [-0.1, -0.05) is 0 Å². The van der Waals surface area contributed by atoms with Crippen LogP contribution in [0.3, 0.4) is 0 Å². The van der Waals surface area contributed by atoms with Crippen LogP contribution in [0.5, 0.6) is 0 Å². The number of nitrogens with one attached hydrogen (secondary N) is 1. The zero-order valence-electron chi connectivity index (χ0n) is 8.80. The summed E-state index contributed by atoms with van der Waals surface area (Å²) in [7, 11) is 0. The van der Waals surface area contributed by atoms with Crippen LogP contribution in [0.25, 0.3) is 0 Å². The molecule has 2 N–H and O–H groups in total. The Morgan fingerprint density at radius 2 is 1.81 bits per heavy atom. The van der Waals surface area contributed by atoms with Crippen molar-refractivity contribution in [1.29, 1.82) is 0 Å². The summed E-state index contributed by atoms with van der Waals surface area (Å²) in [5.41, 5.74) is 2.71. The molecule has 1 fully saturated rings. The van der Waals surface area contributed by atoms with E-state index in [1.165, 1.54) is 0 Å². The van der Waals surface area contributed by atoms with Crippen molar-refractivity contribution in [3.63, 3.8) is 0 Å². The Bertz CT molecular complexity index is 386. The minimum absolute atomic E-state index is 0.0973. The number of hydrogen-bond donors (Lipinski definition) is 2. The maximum atomic E-state index is 11.8. The molecule has 1 saturated carbocycles. The topological polar surface area (TPSA) is 71.3 Å². The van der Waals surface area contributed by atoms with Crippen molar-refractivity contribution in [1.82, 2.24) is 4.68 Å². The molecule has 1 amide bonds. The molecule has 2 atom stereocenters. The van der Waals surface area contributed by atoms with Gasteiger partial charge in [0.05, 0.1) is 5.92 Å². The third-order valence-electron chi connectivity index (χ3n) is 3.00. The zero-order chi connectivity index (χ0) is 11.5. The van der Waals surface area contributed by atoms with Gasteiger partial charge >= 0.3 is 5.97 Å². The standard InChI is InChI=1S/C11H14N2O3/c14-10(12-13-5-1-2-6-13)8-3-4-9(7-8)11(15)16/h1-2,5-6,8-9H,3-4,7H2,(H,12,14)(H,15,16)/t8-,9+/m1/s1. The Morgan fingerprint density at radius 1 is 1.19 bits per heavy atom. The summed E-state index contributed by atoms with van der Waals surface area (Å²) >= 11 is 0. The summed E-state index contributed by atoms with van der Waals surface area (Å²) in [5.74, 6) is -1.43. The lowest BCUT2D eigenvalue weighted by atomic mass is 10.0. The molecule has 0 aromatic carbocycles. The van der Waals surface area contributed by atoms with Crippen molar-refractivity contribution in [2.45, 2.75) is 19.3 Å². The summed E-state index contributed by atoms with van der Waals surface area (Å²) in [6.45, 7) is 0. The highest BCUT2D eigenvalue weighted by Crippen LogP contribution is 2.31. The van der Waals surface area contributed by atoms with E-state index in [0.29, 0.717) is 19.3 Å². The largest absolute Gasteiger partial charge is 0.481 e. The second-order valence-corrected chi connectivity index (χ2v) is 4.11. The number of hydrogen-bond acceptors (Lipinski definition) is 2. The normalized spacial score (nSPS) is 24.2. The van der Waals surface area contributed by atoms with E-state index in [2.05, 4.69) is 5.43 Å². The van der Waals surface area contributed by atoms with Crippen molar-refractivity contribution >= 4 is 11.9 Å². The van der Waals surface area contributed by atoms with Gasteiger partial charge in [0.25, 0.3) is 0 Å². The number of carbonyl (C=O) groups is 2. The van der Waals surface area contributed by atoms with Crippen LogP contribution in [0.15, 0.2) is 24.5 Å². The minimum atomic E-state index is -0.795. The molecule has 2 rings (SSSR count). The molecule has 0 spiro atoms. The van der Waals surface area contributed by atoms with Gasteiger partial charge in [0, 0.05) is 18.3 Å². The Balaban J connectivity index is 1.90. The number of nitrogens with zero attached hydrogens (tertiary/aromatic N) is 1. The first-order valence-electron chi connectivity index (χ1n) is 5.33. The molecular weight excluding hydrogens is 208 g/mol. The molecule has 1 aliphatic rings. The van der Waals surface area contributed by atoms with Gasteiger partial charge in [-0.2, -0.15) is 0 Å². The monoisotopic (exact) mass is 222 g/mol. The molecule has 1 aromatic heterocycles. The summed E-state index contributed by atoms with van der Waals surface area (Å²) in [5, 5.41) is 8.83. The van der Waals surface area contributed by atoms with Gasteiger partial charge in [0.2, 0.25) is 5.91 Å². The van der Waals surface area contributed by atoms with E-state index in [-0.39, 0.29) is 17.7 Å². The van der Waals surface area contributed by atoms with Gasteiger partial charge in [-0.15, -0.1) is 0 Å². The van der Waals surface area contributed by atoms with Gasteiger partial charge in [-0.25, -0.2) is 0 Å². The maximum Gasteiger partial charge on any atom is 0.306 e. The summed E-state index contributed by atoms with van der Waals surface area (Å²) in [6, 6.07) is 3.63. The smallest absolute Gasteiger partial charge is 0.306 e. The van der Waals surface area contributed by atoms with Gasteiger partial charge in [-0.05, 0) is 31.4 Å². The molecule has 0 saturated heterocycles. The fourth-order valence-corrected chi connectivity index (χ4v) is 2.07. The van der Waals surface area contributed by atoms with Crippen LogP contribution in [0, 0.1) is 11.8 Å². The molecule has 5 heteroatoms. The molecule has 0 aliphatic heterocycles. The fourth-order valence-electron chi connectivity index (χ4n) is 2.07. The molecule has 0 bridgehead atoms. The number of amides is 1. The molecular formula is C11H14N2O3. The number of carboxylic acid groups (broad SMARTS) is 1. The first-order valence-corrected chi connectivity index (χ1v) is 5.33. The minimum Gasteiger partial charge on any atom is -0.481 e. The maximum absolute atomic E-state index is 11.8. The number of aromatic nitrogens is 1. The number of carbonyl (C=O) groups excluding carboxylic acids is 1. The number of rotatable bonds is 3. The first-order chi connectivity index (χ1) is 7.66. The predicted octanol–water partition coefficient (Wildman–Crippen LogP) is 1.06. The Morgan fingerprint density at radius 3 is 2.38 bits per heavy atom. The molecule has 1 heterocycles. The third kappa shape index (κ3) is 2.24. The van der Waals surface area contributed by atoms with Crippen molar-refractivity contribution in [2.75, 3.05) is 5.43 Å². The van der Waals surface area contributed by atoms with Gasteiger partial charge < -0.3 is 5.11 Å². The molecule has 0 unspecified atom stereocenters. The molecule has 86 valence electrons. The molecule has 1 aliphatic carbocycles. The van der Waals surface area contributed by atoms with Gasteiger partial charge in [-0.3, -0.25) is 19.7 Å². The van der Waals surface area contributed by atoms with E-state index in [1.54, 1.807) is 17.1 Å². The van der Waals surface area contributed by atoms with Crippen molar-refractivity contribution in [3.05, 3.63) is 24.5 Å². The first kappa shape index (κ1) is 10.7. The Labute approximate surface area is 93.0 Å². The van der Waals surface area contributed by atoms with Crippen LogP contribution in [-0.4, -0.2) is 21.7 Å². The number of aliphatic carboxylic acids is 1. The zero-order valence-corrected chi connectivity index (χ0v) is 8.80. The lowest BCUT2D eigenvalue weighted by molar-refractivity contribution is -0.141. The highest BCUT2D eigenvalue weighted by molar-refractivity contribution is 5.87. The molecule has 16 heavy (non-hydrogen) atoms. The average molecular weight is 222 g/mol. The van der Waals surface area contributed by atoms with Crippen molar-refractivity contribution in [2.24, 2.45) is 11.8 Å². The quantitative estimate of drug-likeness (QED) is 0.803. The van der Waals surface area contributed by atoms with Gasteiger partial charge in [0.15, 0.2) is 0 Å². The van der Waals surface area contributed by atoms with E-state index in [1.807, 2.05) is 12.1 Å². The van der Waals surface area contributed by atoms with E-state index >= 15 is 0 Å². The second kappa shape index (κ2) is 4.38. The summed E-state index contributed by atoms with van der Waals surface area (Å²) in [6.07, 6.45) is 5.18. The fraction of sp³-hybridized carbons (Fsp3) is 0.455. The van der Waals surface area contributed by atoms with Crippen LogP contribution >= 0.6 is 0 Å². The van der Waals surface area contributed by atoms with Gasteiger partial charge in [0.1, 0.15) is 0 Å². The average Bonchev–Trinajstić information content (AvgIpc) is 2.86. The Kier molecular flexibility index (Phi) is 2.94. The lowest BCUT2D eigenvalue weighted by Gasteiger charge is -2.11. The third-order valence-corrected chi connectivity index (χ3v) is 3.00. The van der Waals surface area contributed by atoms with E-state index < -0.39 is 5.97 Å². The lowest BCUT2D eigenvalue weighted by Crippen LogP contribution is -2.27. The van der Waals surface area contributed by atoms with Crippen molar-refractivity contribution < 1.29 is 14.7 Å². The van der Waals surface area contributed by atoms with Crippen LogP contribution in [0.2, 0.25) is 0 Å². The highest BCUT2D eigenvalue weighted by atomic mass is 16.4. The predicted molar refractivity (Wildman–Crippen MR) is 57.3 cm³/mol. The molecule has 5 nitrogen and oxygen atoms in total.